The Kier molecular flexibility index (Phi) is 4.15. The van der Waals surface area contributed by atoms with Crippen LogP contribution in [0.15, 0.2) is 18.2 Å². The molecule has 1 aromatic carbocycles. The van der Waals surface area contributed by atoms with Gasteiger partial charge in [0.25, 0.3) is 0 Å². The lowest BCUT2D eigenvalue weighted by atomic mass is 10.1. The SMILES string of the molecule is COc1ccc(NC(=O)C2CC(=O)N(C)C2)cc1-n1nnnc1C. The maximum Gasteiger partial charge on any atom is 0.229 e. The summed E-state index contributed by atoms with van der Waals surface area (Å²) in [5, 5.41) is 14.2. The first-order chi connectivity index (χ1) is 11.5. The van der Waals surface area contributed by atoms with Gasteiger partial charge in [-0.2, -0.15) is 4.68 Å². The molecule has 0 saturated carbocycles. The van der Waals surface area contributed by atoms with Crippen LogP contribution in [0.5, 0.6) is 5.75 Å². The number of anilines is 1. The Hall–Kier alpha value is -2.97. The topological polar surface area (TPSA) is 102 Å². The highest BCUT2D eigenvalue weighted by Crippen LogP contribution is 2.27. The molecule has 1 atom stereocenters. The highest BCUT2D eigenvalue weighted by Gasteiger charge is 2.32. The minimum Gasteiger partial charge on any atom is -0.494 e. The van der Waals surface area contributed by atoms with Crippen LogP contribution in [0.25, 0.3) is 5.69 Å². The summed E-state index contributed by atoms with van der Waals surface area (Å²) in [6, 6.07) is 5.21. The Morgan fingerprint density at radius 3 is 2.79 bits per heavy atom. The number of hydrogen-bond donors (Lipinski definition) is 1. The standard InChI is InChI=1S/C15H18N6O3/c1-9-17-18-19-21(9)12-7-11(4-5-13(12)24-3)16-15(23)10-6-14(22)20(2)8-10/h4-5,7,10H,6,8H2,1-3H3,(H,16,23). The molecule has 2 amide bonds. The summed E-state index contributed by atoms with van der Waals surface area (Å²) in [4.78, 5) is 25.5. The van der Waals surface area contributed by atoms with Crippen molar-refractivity contribution in [3.8, 4) is 11.4 Å². The lowest BCUT2D eigenvalue weighted by Crippen LogP contribution is -2.25. The number of carbonyl (C=O) groups is 2. The van der Waals surface area contributed by atoms with E-state index in [1.165, 1.54) is 4.68 Å². The van der Waals surface area contributed by atoms with Crippen molar-refractivity contribution < 1.29 is 14.3 Å². The van der Waals surface area contributed by atoms with Crippen LogP contribution in [0.4, 0.5) is 5.69 Å². The average Bonchev–Trinajstić information content (AvgIpc) is 3.13. The molecule has 1 aliphatic rings. The van der Waals surface area contributed by atoms with Gasteiger partial charge in [-0.05, 0) is 35.5 Å². The highest BCUT2D eigenvalue weighted by molar-refractivity contribution is 5.97. The van der Waals surface area contributed by atoms with E-state index in [9.17, 15) is 9.59 Å². The van der Waals surface area contributed by atoms with Gasteiger partial charge in [0, 0.05) is 25.7 Å². The van der Waals surface area contributed by atoms with Crippen molar-refractivity contribution in [1.82, 2.24) is 25.1 Å². The third-order valence-corrected chi connectivity index (χ3v) is 4.01. The number of benzene rings is 1. The number of nitrogens with zero attached hydrogens (tertiary/aromatic N) is 5. The summed E-state index contributed by atoms with van der Waals surface area (Å²) in [6.45, 7) is 2.20. The normalized spacial score (nSPS) is 17.2. The van der Waals surface area contributed by atoms with Crippen molar-refractivity contribution in [2.24, 2.45) is 5.92 Å². The van der Waals surface area contributed by atoms with E-state index in [-0.39, 0.29) is 24.2 Å². The number of tetrazole rings is 1. The number of nitrogens with one attached hydrogen (secondary N) is 1. The van der Waals surface area contributed by atoms with Crippen molar-refractivity contribution in [3.05, 3.63) is 24.0 Å². The third kappa shape index (κ3) is 2.92. The average molecular weight is 330 g/mol. The lowest BCUT2D eigenvalue weighted by Gasteiger charge is -2.14. The predicted molar refractivity (Wildman–Crippen MR) is 84.8 cm³/mol. The van der Waals surface area contributed by atoms with E-state index in [0.717, 1.165) is 0 Å². The van der Waals surface area contributed by atoms with Crippen LogP contribution in [0, 0.1) is 12.8 Å². The molecule has 1 aromatic heterocycles. The number of aryl methyl sites for hydroxylation is 1. The molecule has 1 N–H and O–H groups in total. The van der Waals surface area contributed by atoms with E-state index in [0.29, 0.717) is 29.5 Å². The molecule has 0 spiro atoms. The molecule has 0 bridgehead atoms. The first-order valence-electron chi connectivity index (χ1n) is 7.48. The summed E-state index contributed by atoms with van der Waals surface area (Å²) in [6.07, 6.45) is 0.234. The van der Waals surface area contributed by atoms with Crippen LogP contribution in [0.2, 0.25) is 0 Å². The number of ether oxygens (including phenoxy) is 1. The first kappa shape index (κ1) is 15.9. The molecule has 1 unspecified atom stereocenters. The van der Waals surface area contributed by atoms with Crippen LogP contribution < -0.4 is 10.1 Å². The molecule has 1 fully saturated rings. The van der Waals surface area contributed by atoms with Crippen molar-refractivity contribution in [1.29, 1.82) is 0 Å². The number of methoxy groups -OCH3 is 1. The van der Waals surface area contributed by atoms with Gasteiger partial charge < -0.3 is 15.0 Å². The van der Waals surface area contributed by atoms with E-state index in [1.54, 1.807) is 44.2 Å². The Labute approximate surface area is 138 Å². The number of carbonyl (C=O) groups excluding carboxylic acids is 2. The van der Waals surface area contributed by atoms with Gasteiger partial charge in [0.05, 0.1) is 13.0 Å². The van der Waals surface area contributed by atoms with Gasteiger partial charge in [0.1, 0.15) is 11.4 Å². The second kappa shape index (κ2) is 6.26. The van der Waals surface area contributed by atoms with Gasteiger partial charge in [-0.3, -0.25) is 9.59 Å². The van der Waals surface area contributed by atoms with E-state index in [1.807, 2.05) is 0 Å². The fourth-order valence-electron chi connectivity index (χ4n) is 2.67. The second-order valence-corrected chi connectivity index (χ2v) is 5.69. The zero-order valence-electron chi connectivity index (χ0n) is 13.7. The summed E-state index contributed by atoms with van der Waals surface area (Å²) in [7, 11) is 3.25. The molecule has 126 valence electrons. The summed E-state index contributed by atoms with van der Waals surface area (Å²) < 4.78 is 6.86. The zero-order valence-corrected chi connectivity index (χ0v) is 13.7. The summed E-state index contributed by atoms with van der Waals surface area (Å²) >= 11 is 0. The van der Waals surface area contributed by atoms with Gasteiger partial charge in [-0.15, -0.1) is 5.10 Å². The van der Waals surface area contributed by atoms with Crippen LogP contribution in [-0.2, 0) is 9.59 Å². The predicted octanol–water partition coefficient (Wildman–Crippen LogP) is 0.396. The molecule has 9 nitrogen and oxygen atoms in total. The van der Waals surface area contributed by atoms with Gasteiger partial charge in [0.15, 0.2) is 5.82 Å². The minimum atomic E-state index is -0.345. The Bertz CT molecular complexity index is 787. The molecule has 24 heavy (non-hydrogen) atoms. The van der Waals surface area contributed by atoms with Crippen LogP contribution >= 0.6 is 0 Å². The van der Waals surface area contributed by atoms with E-state index < -0.39 is 0 Å². The maximum atomic E-state index is 12.4. The van der Waals surface area contributed by atoms with Gasteiger partial charge in [-0.1, -0.05) is 0 Å². The van der Waals surface area contributed by atoms with Crippen LogP contribution in [0.1, 0.15) is 12.2 Å². The van der Waals surface area contributed by atoms with Crippen molar-refractivity contribution in [3.63, 3.8) is 0 Å². The molecule has 0 aliphatic carbocycles. The second-order valence-electron chi connectivity index (χ2n) is 5.69. The Morgan fingerprint density at radius 1 is 1.42 bits per heavy atom. The fraction of sp³-hybridized carbons (Fsp3) is 0.400. The molecular formula is C15H18N6O3. The van der Waals surface area contributed by atoms with E-state index in [4.69, 9.17) is 4.74 Å². The smallest absolute Gasteiger partial charge is 0.229 e. The van der Waals surface area contributed by atoms with Crippen LogP contribution in [0.3, 0.4) is 0 Å². The molecule has 0 radical (unpaired) electrons. The molecule has 3 rings (SSSR count). The lowest BCUT2D eigenvalue weighted by molar-refractivity contribution is -0.127. The van der Waals surface area contributed by atoms with Crippen LogP contribution in [-0.4, -0.2) is 57.6 Å². The third-order valence-electron chi connectivity index (χ3n) is 4.01. The Balaban J connectivity index is 1.83. The fourth-order valence-corrected chi connectivity index (χ4v) is 2.67. The number of likely N-dealkylation sites (tertiary alicyclic amines) is 1. The first-order valence-corrected chi connectivity index (χ1v) is 7.48. The monoisotopic (exact) mass is 330 g/mol. The van der Waals surface area contributed by atoms with Crippen molar-refractivity contribution >= 4 is 17.5 Å². The molecule has 1 saturated heterocycles. The van der Waals surface area contributed by atoms with Gasteiger partial charge >= 0.3 is 0 Å². The Morgan fingerprint density at radius 2 is 2.21 bits per heavy atom. The van der Waals surface area contributed by atoms with E-state index in [2.05, 4.69) is 20.8 Å². The van der Waals surface area contributed by atoms with Gasteiger partial charge in [0.2, 0.25) is 11.8 Å². The zero-order chi connectivity index (χ0) is 17.3. The van der Waals surface area contributed by atoms with Crippen molar-refractivity contribution in [2.45, 2.75) is 13.3 Å². The maximum absolute atomic E-state index is 12.4. The highest BCUT2D eigenvalue weighted by atomic mass is 16.5. The number of hydrogen-bond acceptors (Lipinski definition) is 6. The molecular weight excluding hydrogens is 312 g/mol. The van der Waals surface area contributed by atoms with Gasteiger partial charge in [-0.25, -0.2) is 0 Å². The number of amides is 2. The molecule has 2 heterocycles. The quantitative estimate of drug-likeness (QED) is 0.870. The largest absolute Gasteiger partial charge is 0.494 e. The number of aromatic nitrogens is 4. The molecule has 2 aromatic rings. The summed E-state index contributed by atoms with van der Waals surface area (Å²) in [5.74, 6) is 0.633. The summed E-state index contributed by atoms with van der Waals surface area (Å²) in [5.41, 5.74) is 1.21. The number of rotatable bonds is 4. The van der Waals surface area contributed by atoms with Crippen molar-refractivity contribution in [2.75, 3.05) is 26.0 Å². The van der Waals surface area contributed by atoms with E-state index >= 15 is 0 Å². The minimum absolute atomic E-state index is 0.0186. The molecule has 9 heteroatoms. The molecule has 1 aliphatic heterocycles.